The number of benzene rings is 2. The zero-order valence-electron chi connectivity index (χ0n) is 13.7. The zero-order chi connectivity index (χ0) is 15.8. The molecule has 22 heavy (non-hydrogen) atoms. The van der Waals surface area contributed by atoms with E-state index in [-0.39, 0.29) is 5.41 Å². The number of rotatable bonds is 4. The molecule has 0 fully saturated rings. The van der Waals surface area contributed by atoms with Gasteiger partial charge in [-0.05, 0) is 43.6 Å². The van der Waals surface area contributed by atoms with Crippen molar-refractivity contribution in [3.8, 4) is 0 Å². The molecule has 0 unspecified atom stereocenters. The average Bonchev–Trinajstić information content (AvgIpc) is 2.76. The van der Waals surface area contributed by atoms with Gasteiger partial charge in [-0.25, -0.2) is 0 Å². The van der Waals surface area contributed by atoms with Gasteiger partial charge in [0.1, 0.15) is 5.60 Å². The number of hydrogen-bond acceptors (Lipinski definition) is 2. The lowest BCUT2D eigenvalue weighted by Crippen LogP contribution is -2.46. The third kappa shape index (κ3) is 2.27. The van der Waals surface area contributed by atoms with Crippen LogP contribution in [0.15, 0.2) is 54.6 Å². The van der Waals surface area contributed by atoms with Crippen molar-refractivity contribution in [1.29, 1.82) is 0 Å². The maximum Gasteiger partial charge on any atom is 0.101 e. The molecular weight excluding hydrogens is 270 g/mol. The van der Waals surface area contributed by atoms with Crippen LogP contribution in [0.3, 0.4) is 0 Å². The fourth-order valence-electron chi connectivity index (χ4n) is 3.85. The highest BCUT2D eigenvalue weighted by Gasteiger charge is 2.54. The van der Waals surface area contributed by atoms with E-state index < -0.39 is 5.60 Å². The summed E-state index contributed by atoms with van der Waals surface area (Å²) >= 11 is 0. The molecule has 0 saturated heterocycles. The summed E-state index contributed by atoms with van der Waals surface area (Å²) in [7, 11) is 4.12. The molecule has 3 rings (SSSR count). The Hall–Kier alpha value is -1.64. The van der Waals surface area contributed by atoms with Gasteiger partial charge in [-0.15, -0.1) is 0 Å². The maximum absolute atomic E-state index is 11.7. The fraction of sp³-hybridized carbons (Fsp3) is 0.400. The van der Waals surface area contributed by atoms with E-state index >= 15 is 0 Å². The first-order chi connectivity index (χ1) is 10.5. The van der Waals surface area contributed by atoms with E-state index in [9.17, 15) is 5.11 Å². The molecular formula is C20H25NO. The molecule has 1 aliphatic carbocycles. The Labute approximate surface area is 133 Å². The van der Waals surface area contributed by atoms with Gasteiger partial charge in [-0.2, -0.15) is 0 Å². The minimum absolute atomic E-state index is 0.284. The average molecular weight is 295 g/mol. The van der Waals surface area contributed by atoms with Crippen LogP contribution >= 0.6 is 0 Å². The second-order valence-corrected chi connectivity index (χ2v) is 6.95. The molecule has 2 aromatic carbocycles. The minimum atomic E-state index is -0.824. The lowest BCUT2D eigenvalue weighted by Gasteiger charge is -2.41. The van der Waals surface area contributed by atoms with Crippen LogP contribution in [0.4, 0.5) is 0 Å². The van der Waals surface area contributed by atoms with E-state index in [0.717, 1.165) is 24.9 Å². The van der Waals surface area contributed by atoms with Crippen molar-refractivity contribution < 1.29 is 5.11 Å². The van der Waals surface area contributed by atoms with Gasteiger partial charge in [0.15, 0.2) is 0 Å². The molecule has 1 aliphatic rings. The smallest absolute Gasteiger partial charge is 0.101 e. The van der Waals surface area contributed by atoms with Gasteiger partial charge >= 0.3 is 0 Å². The van der Waals surface area contributed by atoms with E-state index in [0.29, 0.717) is 0 Å². The molecule has 116 valence electrons. The maximum atomic E-state index is 11.7. The predicted octanol–water partition coefficient (Wildman–Crippen LogP) is 3.34. The van der Waals surface area contributed by atoms with E-state index in [1.165, 1.54) is 11.1 Å². The number of aliphatic hydroxyl groups is 1. The predicted molar refractivity (Wildman–Crippen MR) is 91.0 cm³/mol. The molecule has 0 spiro atoms. The molecule has 0 aliphatic heterocycles. The molecule has 0 heterocycles. The monoisotopic (exact) mass is 295 g/mol. The lowest BCUT2D eigenvalue weighted by atomic mass is 9.67. The van der Waals surface area contributed by atoms with Crippen LogP contribution in [-0.2, 0) is 17.4 Å². The van der Waals surface area contributed by atoms with Gasteiger partial charge in [-0.3, -0.25) is 0 Å². The van der Waals surface area contributed by atoms with E-state index in [2.05, 4.69) is 68.4 Å². The van der Waals surface area contributed by atoms with Crippen LogP contribution in [0.5, 0.6) is 0 Å². The van der Waals surface area contributed by atoms with Gasteiger partial charge in [0.25, 0.3) is 0 Å². The third-order valence-electron chi connectivity index (χ3n) is 5.25. The number of nitrogens with zero attached hydrogens (tertiary/aromatic N) is 1. The van der Waals surface area contributed by atoms with E-state index in [1.807, 2.05) is 12.1 Å². The quantitative estimate of drug-likeness (QED) is 0.935. The van der Waals surface area contributed by atoms with Crippen molar-refractivity contribution in [2.75, 3.05) is 20.6 Å². The van der Waals surface area contributed by atoms with Crippen molar-refractivity contribution in [3.05, 3.63) is 71.3 Å². The van der Waals surface area contributed by atoms with Crippen LogP contribution in [0.1, 0.15) is 30.0 Å². The second kappa shape index (κ2) is 5.53. The molecule has 2 aromatic rings. The Balaban J connectivity index is 2.10. The third-order valence-corrected chi connectivity index (χ3v) is 5.25. The first-order valence-corrected chi connectivity index (χ1v) is 7.98. The van der Waals surface area contributed by atoms with Crippen LogP contribution < -0.4 is 0 Å². The van der Waals surface area contributed by atoms with Gasteiger partial charge in [-0.1, -0.05) is 61.5 Å². The highest BCUT2D eigenvalue weighted by molar-refractivity contribution is 5.47. The molecule has 2 nitrogen and oxygen atoms in total. The summed E-state index contributed by atoms with van der Waals surface area (Å²) in [6, 6.07) is 18.8. The van der Waals surface area contributed by atoms with Crippen molar-refractivity contribution in [2.24, 2.45) is 0 Å². The summed E-state index contributed by atoms with van der Waals surface area (Å²) in [5, 5.41) is 11.7. The zero-order valence-corrected chi connectivity index (χ0v) is 13.7. The summed E-state index contributed by atoms with van der Waals surface area (Å²) in [5.41, 5.74) is 2.48. The molecule has 0 aromatic heterocycles. The Kier molecular flexibility index (Phi) is 3.84. The first-order valence-electron chi connectivity index (χ1n) is 7.98. The van der Waals surface area contributed by atoms with E-state index in [1.54, 1.807) is 0 Å². The van der Waals surface area contributed by atoms with Crippen LogP contribution in [0.25, 0.3) is 0 Å². The minimum Gasteiger partial charge on any atom is -0.384 e. The van der Waals surface area contributed by atoms with Crippen LogP contribution in [0.2, 0.25) is 0 Å². The number of hydrogen-bond donors (Lipinski definition) is 1. The fourth-order valence-corrected chi connectivity index (χ4v) is 3.85. The Morgan fingerprint density at radius 2 is 1.64 bits per heavy atom. The molecule has 0 saturated carbocycles. The molecule has 0 bridgehead atoms. The summed E-state index contributed by atoms with van der Waals surface area (Å²) in [6.45, 7) is 3.07. The highest BCUT2D eigenvalue weighted by Crippen LogP contribution is 2.53. The Bertz CT molecular complexity index is 652. The standard InChI is InChI=1S/C20H25NO/c1-19(17-10-5-4-6-11-17)15-16-9-7-8-12-18(16)20(19,22)13-14-21(2)3/h4-12,22H,13-15H2,1-3H3/t19-,20-/m1/s1. The van der Waals surface area contributed by atoms with Gasteiger partial charge < -0.3 is 10.0 Å². The van der Waals surface area contributed by atoms with Crippen molar-refractivity contribution in [1.82, 2.24) is 4.90 Å². The van der Waals surface area contributed by atoms with Crippen LogP contribution in [-0.4, -0.2) is 30.6 Å². The molecule has 0 radical (unpaired) electrons. The van der Waals surface area contributed by atoms with Crippen LogP contribution in [0, 0.1) is 0 Å². The number of fused-ring (bicyclic) bond motifs is 1. The summed E-state index contributed by atoms with van der Waals surface area (Å²) in [5.74, 6) is 0. The largest absolute Gasteiger partial charge is 0.384 e. The molecule has 2 atom stereocenters. The van der Waals surface area contributed by atoms with Crippen molar-refractivity contribution in [3.63, 3.8) is 0 Å². The van der Waals surface area contributed by atoms with Gasteiger partial charge in [0.05, 0.1) is 0 Å². The SMILES string of the molecule is CN(C)CC[C@@]1(O)c2ccccc2C[C@]1(C)c1ccccc1. The van der Waals surface area contributed by atoms with E-state index in [4.69, 9.17) is 0 Å². The lowest BCUT2D eigenvalue weighted by molar-refractivity contribution is -0.0384. The Morgan fingerprint density at radius 3 is 2.32 bits per heavy atom. The summed E-state index contributed by atoms with van der Waals surface area (Å²) in [4.78, 5) is 2.14. The van der Waals surface area contributed by atoms with Crippen molar-refractivity contribution in [2.45, 2.75) is 30.8 Å². The van der Waals surface area contributed by atoms with Crippen molar-refractivity contribution >= 4 is 0 Å². The molecule has 0 amide bonds. The molecule has 2 heteroatoms. The summed E-state index contributed by atoms with van der Waals surface area (Å²) < 4.78 is 0. The summed E-state index contributed by atoms with van der Waals surface area (Å²) in [6.07, 6.45) is 1.62. The topological polar surface area (TPSA) is 23.5 Å². The van der Waals surface area contributed by atoms with Gasteiger partial charge in [0, 0.05) is 12.0 Å². The first kappa shape index (κ1) is 15.3. The molecule has 1 N–H and O–H groups in total. The normalized spacial score (nSPS) is 27.1. The Morgan fingerprint density at radius 1 is 1.00 bits per heavy atom. The second-order valence-electron chi connectivity index (χ2n) is 6.95. The highest BCUT2D eigenvalue weighted by atomic mass is 16.3. The van der Waals surface area contributed by atoms with Gasteiger partial charge in [0.2, 0.25) is 0 Å².